The fraction of sp³-hybridized carbons (Fsp3) is 0.214. The Kier molecular flexibility index (Phi) is 3.02. The predicted molar refractivity (Wildman–Crippen MR) is 66.2 cm³/mol. The summed E-state index contributed by atoms with van der Waals surface area (Å²) >= 11 is 0. The van der Waals surface area contributed by atoms with E-state index in [1.165, 1.54) is 5.56 Å². The molecular weight excluding hydrogens is 196 g/mol. The first kappa shape index (κ1) is 10.8. The maximum atomic E-state index is 6.17. The third-order valence-electron chi connectivity index (χ3n) is 2.66. The van der Waals surface area contributed by atoms with Crippen LogP contribution < -0.4 is 5.73 Å². The molecule has 0 aliphatic carbocycles. The molecule has 1 aromatic heterocycles. The van der Waals surface area contributed by atoms with Crippen LogP contribution in [-0.4, -0.2) is 4.98 Å². The minimum Gasteiger partial charge on any atom is -0.319 e. The number of hydrogen-bond donors (Lipinski definition) is 1. The highest BCUT2D eigenvalue weighted by atomic mass is 14.8. The first-order valence-electron chi connectivity index (χ1n) is 5.42. The third-order valence-corrected chi connectivity index (χ3v) is 2.66. The molecule has 2 N–H and O–H groups in total. The third kappa shape index (κ3) is 2.28. The molecule has 0 saturated heterocycles. The molecular formula is C14H16N2. The number of benzene rings is 1. The van der Waals surface area contributed by atoms with Crippen molar-refractivity contribution in [2.45, 2.75) is 19.9 Å². The van der Waals surface area contributed by atoms with Gasteiger partial charge >= 0.3 is 0 Å². The molecule has 2 aromatic rings. The number of nitrogens with zero attached hydrogens (tertiary/aromatic N) is 1. The summed E-state index contributed by atoms with van der Waals surface area (Å²) in [4.78, 5) is 4.45. The Labute approximate surface area is 96.1 Å². The molecule has 1 aromatic carbocycles. The average molecular weight is 212 g/mol. The normalized spacial score (nSPS) is 12.4. The number of rotatable bonds is 2. The molecule has 0 aliphatic heterocycles. The van der Waals surface area contributed by atoms with Gasteiger partial charge in [0.25, 0.3) is 0 Å². The fourth-order valence-corrected chi connectivity index (χ4v) is 1.68. The van der Waals surface area contributed by atoms with E-state index in [1.54, 1.807) is 0 Å². The Morgan fingerprint density at radius 2 is 1.69 bits per heavy atom. The number of aryl methyl sites for hydroxylation is 2. The van der Waals surface area contributed by atoms with Gasteiger partial charge in [-0.25, -0.2) is 0 Å². The summed E-state index contributed by atoms with van der Waals surface area (Å²) in [7, 11) is 0. The van der Waals surface area contributed by atoms with E-state index in [-0.39, 0.29) is 6.04 Å². The highest BCUT2D eigenvalue weighted by Crippen LogP contribution is 2.18. The summed E-state index contributed by atoms with van der Waals surface area (Å²) in [6, 6.07) is 14.1. The lowest BCUT2D eigenvalue weighted by Crippen LogP contribution is -2.13. The molecule has 2 nitrogen and oxygen atoms in total. The Bertz CT molecular complexity index is 474. The molecule has 0 radical (unpaired) electrons. The lowest BCUT2D eigenvalue weighted by molar-refractivity contribution is 0.821. The number of pyridine rings is 1. The van der Waals surface area contributed by atoms with Gasteiger partial charge in [-0.2, -0.15) is 0 Å². The number of nitrogens with two attached hydrogens (primary N) is 1. The van der Waals surface area contributed by atoms with Gasteiger partial charge in [-0.05, 0) is 31.5 Å². The Morgan fingerprint density at radius 1 is 1.00 bits per heavy atom. The van der Waals surface area contributed by atoms with E-state index in [2.05, 4.69) is 36.2 Å². The first-order valence-corrected chi connectivity index (χ1v) is 5.42. The number of hydrogen-bond acceptors (Lipinski definition) is 2. The monoisotopic (exact) mass is 212 g/mol. The average Bonchev–Trinajstić information content (AvgIpc) is 2.29. The van der Waals surface area contributed by atoms with Crippen LogP contribution in [0.5, 0.6) is 0 Å². The zero-order chi connectivity index (χ0) is 11.5. The Hall–Kier alpha value is -1.67. The molecule has 16 heavy (non-hydrogen) atoms. The van der Waals surface area contributed by atoms with Crippen LogP contribution in [-0.2, 0) is 0 Å². The van der Waals surface area contributed by atoms with E-state index in [0.29, 0.717) is 0 Å². The fourth-order valence-electron chi connectivity index (χ4n) is 1.68. The van der Waals surface area contributed by atoms with Crippen LogP contribution >= 0.6 is 0 Å². The van der Waals surface area contributed by atoms with Gasteiger partial charge in [0.15, 0.2) is 0 Å². The van der Waals surface area contributed by atoms with Crippen molar-refractivity contribution in [2.75, 3.05) is 0 Å². The molecule has 0 fully saturated rings. The van der Waals surface area contributed by atoms with Crippen molar-refractivity contribution in [2.24, 2.45) is 5.73 Å². The van der Waals surface area contributed by atoms with Crippen molar-refractivity contribution >= 4 is 0 Å². The molecule has 0 amide bonds. The van der Waals surface area contributed by atoms with Gasteiger partial charge in [-0.15, -0.1) is 0 Å². The SMILES string of the molecule is Cc1ccc(C(N)c2cccc(C)n2)cc1. The van der Waals surface area contributed by atoms with Gasteiger partial charge in [-0.1, -0.05) is 35.9 Å². The molecule has 2 rings (SSSR count). The molecule has 1 heterocycles. The molecule has 0 bridgehead atoms. The Balaban J connectivity index is 2.31. The quantitative estimate of drug-likeness (QED) is 0.831. The first-order chi connectivity index (χ1) is 7.66. The van der Waals surface area contributed by atoms with Crippen molar-refractivity contribution in [1.29, 1.82) is 0 Å². The molecule has 82 valence electrons. The molecule has 0 saturated carbocycles. The van der Waals surface area contributed by atoms with Gasteiger partial charge in [0.05, 0.1) is 11.7 Å². The summed E-state index contributed by atoms with van der Waals surface area (Å²) in [5.74, 6) is 0. The zero-order valence-corrected chi connectivity index (χ0v) is 9.64. The highest BCUT2D eigenvalue weighted by molar-refractivity contribution is 5.30. The molecule has 0 aliphatic rings. The van der Waals surface area contributed by atoms with Crippen molar-refractivity contribution in [1.82, 2.24) is 4.98 Å². The standard InChI is InChI=1S/C14H16N2/c1-10-6-8-12(9-7-10)14(15)13-5-3-4-11(2)16-13/h3-9,14H,15H2,1-2H3. The predicted octanol–water partition coefficient (Wildman–Crippen LogP) is 2.75. The maximum Gasteiger partial charge on any atom is 0.0726 e. The van der Waals surface area contributed by atoms with Gasteiger partial charge < -0.3 is 5.73 Å². The van der Waals surface area contributed by atoms with Crippen LogP contribution in [0, 0.1) is 13.8 Å². The second-order valence-electron chi connectivity index (χ2n) is 4.09. The van der Waals surface area contributed by atoms with E-state index < -0.39 is 0 Å². The van der Waals surface area contributed by atoms with Crippen LogP contribution in [0.15, 0.2) is 42.5 Å². The van der Waals surface area contributed by atoms with Gasteiger partial charge in [0.2, 0.25) is 0 Å². The van der Waals surface area contributed by atoms with Crippen molar-refractivity contribution in [3.63, 3.8) is 0 Å². The summed E-state index contributed by atoms with van der Waals surface area (Å²) in [6.07, 6.45) is 0. The van der Waals surface area contributed by atoms with Gasteiger partial charge in [-0.3, -0.25) is 4.98 Å². The molecule has 1 unspecified atom stereocenters. The van der Waals surface area contributed by atoms with Gasteiger partial charge in [0, 0.05) is 5.69 Å². The van der Waals surface area contributed by atoms with Crippen LogP contribution in [0.2, 0.25) is 0 Å². The van der Waals surface area contributed by atoms with Crippen LogP contribution in [0.4, 0.5) is 0 Å². The van der Waals surface area contributed by atoms with E-state index >= 15 is 0 Å². The second kappa shape index (κ2) is 4.45. The lowest BCUT2D eigenvalue weighted by atomic mass is 10.0. The van der Waals surface area contributed by atoms with E-state index in [1.807, 2.05) is 25.1 Å². The lowest BCUT2D eigenvalue weighted by Gasteiger charge is -2.12. The van der Waals surface area contributed by atoms with Crippen molar-refractivity contribution in [3.05, 3.63) is 65.0 Å². The van der Waals surface area contributed by atoms with E-state index in [0.717, 1.165) is 17.0 Å². The van der Waals surface area contributed by atoms with Crippen molar-refractivity contribution in [3.8, 4) is 0 Å². The second-order valence-corrected chi connectivity index (χ2v) is 4.09. The molecule has 1 atom stereocenters. The topological polar surface area (TPSA) is 38.9 Å². The maximum absolute atomic E-state index is 6.17. The minimum atomic E-state index is -0.138. The van der Waals surface area contributed by atoms with Crippen LogP contribution in [0.25, 0.3) is 0 Å². The van der Waals surface area contributed by atoms with Crippen LogP contribution in [0.3, 0.4) is 0 Å². The summed E-state index contributed by atoms with van der Waals surface area (Å²) < 4.78 is 0. The summed E-state index contributed by atoms with van der Waals surface area (Å²) in [5.41, 5.74) is 10.4. The van der Waals surface area contributed by atoms with Crippen molar-refractivity contribution < 1.29 is 0 Å². The summed E-state index contributed by atoms with van der Waals surface area (Å²) in [6.45, 7) is 4.05. The summed E-state index contributed by atoms with van der Waals surface area (Å²) in [5, 5.41) is 0. The molecule has 2 heteroatoms. The largest absolute Gasteiger partial charge is 0.319 e. The smallest absolute Gasteiger partial charge is 0.0726 e. The van der Waals surface area contributed by atoms with Gasteiger partial charge in [0.1, 0.15) is 0 Å². The minimum absolute atomic E-state index is 0.138. The number of aromatic nitrogens is 1. The van der Waals surface area contributed by atoms with E-state index in [9.17, 15) is 0 Å². The molecule has 0 spiro atoms. The Morgan fingerprint density at radius 3 is 2.31 bits per heavy atom. The van der Waals surface area contributed by atoms with E-state index in [4.69, 9.17) is 5.73 Å². The zero-order valence-electron chi connectivity index (χ0n) is 9.64. The highest BCUT2D eigenvalue weighted by Gasteiger charge is 2.09. The van der Waals surface area contributed by atoms with Crippen LogP contribution in [0.1, 0.15) is 28.6 Å².